The number of H-pyrrole nitrogens is 1. The summed E-state index contributed by atoms with van der Waals surface area (Å²) in [5, 5.41) is 14.3. The molecule has 248 valence electrons. The molecule has 2 heterocycles. The number of alkyl halides is 2. The number of aromatic amines is 1. The van der Waals surface area contributed by atoms with Gasteiger partial charge in [-0.2, -0.15) is 13.9 Å². The lowest BCUT2D eigenvalue weighted by molar-refractivity contribution is -0.0175. The molecule has 5 N–H and O–H groups in total. The molecule has 0 saturated heterocycles. The van der Waals surface area contributed by atoms with Crippen LogP contribution in [-0.2, 0) is 15.4 Å². The summed E-state index contributed by atoms with van der Waals surface area (Å²) in [6, 6.07) is 11.2. The van der Waals surface area contributed by atoms with E-state index in [-0.39, 0.29) is 39.5 Å². The minimum atomic E-state index is -5.06. The smallest absolute Gasteiger partial charge is 0.355 e. The minimum Gasteiger partial charge on any atom is -0.484 e. The standard InChI is InChI=1S/C32H33F3N6O5S/c1-16(20-2-5-22(33)6-3-20)45-24-11-21(4-7-23(24)41-47(43,44)31(34)35)28-27(29(36)42)30(39-38-28)37-26-12-25(46-40-26)32-13-17-8-18(14-32)10-19(9-17)15-32/h2-7,11-12,16-19,31,41H,8-10,13-15H2,1H3,(H2,36,42)(H2,37,38,39,40)/t16-,17?,18?,19?,32?/m0/s1. The van der Waals surface area contributed by atoms with E-state index in [1.165, 1.54) is 61.7 Å². The summed E-state index contributed by atoms with van der Waals surface area (Å²) in [7, 11) is -5.06. The van der Waals surface area contributed by atoms with Crippen LogP contribution in [0, 0.1) is 23.6 Å². The highest BCUT2D eigenvalue weighted by Gasteiger charge is 2.53. The Hall–Kier alpha value is -4.53. The Morgan fingerprint density at radius 2 is 1.72 bits per heavy atom. The Kier molecular flexibility index (Phi) is 7.68. The molecule has 4 fully saturated rings. The van der Waals surface area contributed by atoms with Gasteiger partial charge in [0.05, 0.1) is 11.4 Å². The van der Waals surface area contributed by atoms with Crippen LogP contribution in [-0.4, -0.2) is 35.4 Å². The van der Waals surface area contributed by atoms with Crippen molar-refractivity contribution in [3.8, 4) is 17.0 Å². The number of primary amides is 1. The largest absolute Gasteiger partial charge is 0.484 e. The lowest BCUT2D eigenvalue weighted by Crippen LogP contribution is -2.48. The first-order valence-electron chi connectivity index (χ1n) is 15.4. The first-order valence-corrected chi connectivity index (χ1v) is 16.9. The maximum Gasteiger partial charge on any atom is 0.355 e. The lowest BCUT2D eigenvalue weighted by atomic mass is 9.49. The van der Waals surface area contributed by atoms with Gasteiger partial charge >= 0.3 is 5.76 Å². The van der Waals surface area contributed by atoms with Crippen LogP contribution < -0.4 is 20.5 Å². The van der Waals surface area contributed by atoms with Crippen LogP contribution >= 0.6 is 0 Å². The van der Waals surface area contributed by atoms with Crippen LogP contribution in [0.1, 0.15) is 73.2 Å². The highest BCUT2D eigenvalue weighted by atomic mass is 32.2. The molecule has 15 heteroatoms. The molecule has 8 rings (SSSR count). The van der Waals surface area contributed by atoms with E-state index >= 15 is 0 Å². The quantitative estimate of drug-likeness (QED) is 0.138. The van der Waals surface area contributed by atoms with Crippen LogP contribution in [0.15, 0.2) is 53.1 Å². The molecule has 0 radical (unpaired) electrons. The predicted molar refractivity (Wildman–Crippen MR) is 166 cm³/mol. The number of nitrogens with one attached hydrogen (secondary N) is 3. The third kappa shape index (κ3) is 5.92. The summed E-state index contributed by atoms with van der Waals surface area (Å²) in [5.74, 6) is -1.72. The topological polar surface area (TPSA) is 165 Å². The van der Waals surface area contributed by atoms with Gasteiger partial charge in [-0.3, -0.25) is 14.6 Å². The monoisotopic (exact) mass is 670 g/mol. The molecule has 2 aromatic heterocycles. The highest BCUT2D eigenvalue weighted by Crippen LogP contribution is 2.61. The molecule has 4 bridgehead atoms. The molecule has 11 nitrogen and oxygen atoms in total. The summed E-state index contributed by atoms with van der Waals surface area (Å²) in [4.78, 5) is 12.7. The molecule has 2 aromatic carbocycles. The third-order valence-electron chi connectivity index (χ3n) is 9.73. The molecule has 4 aliphatic rings. The Balaban J connectivity index is 1.19. The van der Waals surface area contributed by atoms with E-state index in [2.05, 4.69) is 20.7 Å². The Labute approximate surface area is 268 Å². The van der Waals surface area contributed by atoms with Crippen LogP contribution in [0.3, 0.4) is 0 Å². The van der Waals surface area contributed by atoms with E-state index in [1.54, 1.807) is 6.92 Å². The van der Waals surface area contributed by atoms with Gasteiger partial charge in [0, 0.05) is 17.0 Å². The summed E-state index contributed by atoms with van der Waals surface area (Å²) in [6.07, 6.45) is 6.35. The SMILES string of the molecule is C[C@H](Oc1cc(-c2[nH]nc(Nc3cc(C45CC6CC(CC(C6)C4)C5)on3)c2C(N)=O)ccc1NS(=O)(=O)C(F)F)c1ccc(F)cc1. The fourth-order valence-corrected chi connectivity index (χ4v) is 8.61. The number of aromatic nitrogens is 3. The molecule has 4 saturated carbocycles. The van der Waals surface area contributed by atoms with E-state index in [0.717, 1.165) is 25.0 Å². The average Bonchev–Trinajstić information content (AvgIpc) is 3.66. The fourth-order valence-electron chi connectivity index (χ4n) is 8.05. The highest BCUT2D eigenvalue weighted by molar-refractivity contribution is 7.93. The van der Waals surface area contributed by atoms with Crippen molar-refractivity contribution in [2.24, 2.45) is 23.5 Å². The van der Waals surface area contributed by atoms with Gasteiger partial charge in [0.25, 0.3) is 15.9 Å². The van der Waals surface area contributed by atoms with Crippen LogP contribution in [0.2, 0.25) is 0 Å². The first-order chi connectivity index (χ1) is 22.4. The van der Waals surface area contributed by atoms with Crippen molar-refractivity contribution >= 4 is 33.3 Å². The Morgan fingerprint density at radius 1 is 1.06 bits per heavy atom. The predicted octanol–water partition coefficient (Wildman–Crippen LogP) is 6.62. The summed E-state index contributed by atoms with van der Waals surface area (Å²) in [6.45, 7) is 1.62. The van der Waals surface area contributed by atoms with Crippen LogP contribution in [0.25, 0.3) is 11.3 Å². The van der Waals surface area contributed by atoms with Crippen LogP contribution in [0.4, 0.5) is 30.5 Å². The van der Waals surface area contributed by atoms with Crippen LogP contribution in [0.5, 0.6) is 5.75 Å². The second-order valence-electron chi connectivity index (χ2n) is 13.0. The molecular weight excluding hydrogens is 637 g/mol. The van der Waals surface area contributed by atoms with E-state index in [4.69, 9.17) is 15.0 Å². The zero-order chi connectivity index (χ0) is 33.1. The molecule has 1 atom stereocenters. The molecule has 47 heavy (non-hydrogen) atoms. The maximum atomic E-state index is 13.5. The van der Waals surface area contributed by atoms with Crippen molar-refractivity contribution in [3.63, 3.8) is 0 Å². The Bertz CT molecular complexity index is 1890. The number of hydrogen-bond acceptors (Lipinski definition) is 8. The van der Waals surface area contributed by atoms with E-state index in [0.29, 0.717) is 29.1 Å². The van der Waals surface area contributed by atoms with Gasteiger partial charge in [-0.05, 0) is 93.0 Å². The normalized spacial score (nSPS) is 24.0. The fraction of sp³-hybridized carbons (Fsp3) is 0.406. The maximum absolute atomic E-state index is 13.5. The molecule has 0 unspecified atom stereocenters. The number of amides is 1. The third-order valence-corrected chi connectivity index (χ3v) is 10.7. The molecular formula is C32H33F3N6O5S. The second-order valence-corrected chi connectivity index (χ2v) is 14.7. The zero-order valence-electron chi connectivity index (χ0n) is 25.3. The number of nitrogens with two attached hydrogens (primary N) is 1. The number of anilines is 3. The van der Waals surface area contributed by atoms with Gasteiger partial charge in [0.15, 0.2) is 11.6 Å². The van der Waals surface area contributed by atoms with Crippen molar-refractivity contribution in [3.05, 3.63) is 71.2 Å². The summed E-state index contributed by atoms with van der Waals surface area (Å²) in [5.41, 5.74) is 6.44. The molecule has 0 aliphatic heterocycles. The number of rotatable bonds is 11. The molecule has 0 spiro atoms. The van der Waals surface area contributed by atoms with Gasteiger partial charge in [-0.15, -0.1) is 0 Å². The van der Waals surface area contributed by atoms with Gasteiger partial charge in [0.2, 0.25) is 0 Å². The number of carbonyl (C=O) groups excluding carboxylic acids is 1. The number of ether oxygens (including phenoxy) is 1. The van der Waals surface area contributed by atoms with Gasteiger partial charge in [-0.1, -0.05) is 23.4 Å². The second kappa shape index (κ2) is 11.6. The van der Waals surface area contributed by atoms with Crippen molar-refractivity contribution in [1.29, 1.82) is 0 Å². The van der Waals surface area contributed by atoms with Gasteiger partial charge in [0.1, 0.15) is 29.0 Å². The van der Waals surface area contributed by atoms with E-state index in [1.807, 2.05) is 10.8 Å². The summed E-state index contributed by atoms with van der Waals surface area (Å²) >= 11 is 0. The summed E-state index contributed by atoms with van der Waals surface area (Å²) < 4.78 is 77.7. The first kappa shape index (κ1) is 31.1. The number of benzene rings is 2. The number of halogens is 3. The van der Waals surface area contributed by atoms with Gasteiger partial charge in [-0.25, -0.2) is 12.8 Å². The molecule has 1 amide bonds. The number of sulfonamides is 1. The van der Waals surface area contributed by atoms with Crippen molar-refractivity contribution < 1.29 is 35.6 Å². The van der Waals surface area contributed by atoms with Crippen molar-refractivity contribution in [2.75, 3.05) is 10.0 Å². The number of nitrogens with zero attached hydrogens (tertiary/aromatic N) is 2. The van der Waals surface area contributed by atoms with E-state index < -0.39 is 33.6 Å². The number of hydrogen-bond donors (Lipinski definition) is 4. The molecule has 4 aliphatic carbocycles. The number of carbonyl (C=O) groups is 1. The van der Waals surface area contributed by atoms with E-state index in [9.17, 15) is 26.4 Å². The lowest BCUT2D eigenvalue weighted by Gasteiger charge is -2.55. The zero-order valence-corrected chi connectivity index (χ0v) is 26.1. The van der Waals surface area contributed by atoms with Crippen molar-refractivity contribution in [2.45, 2.75) is 62.7 Å². The Morgan fingerprint density at radius 3 is 2.34 bits per heavy atom. The minimum absolute atomic E-state index is 0.0252. The molecule has 4 aromatic rings. The van der Waals surface area contributed by atoms with Gasteiger partial charge < -0.3 is 20.3 Å². The average molecular weight is 671 g/mol. The van der Waals surface area contributed by atoms with Crippen molar-refractivity contribution in [1.82, 2.24) is 15.4 Å².